The molecule has 2 aromatic heterocycles. The molecule has 0 spiro atoms. The van der Waals surface area contributed by atoms with Gasteiger partial charge in [0.2, 0.25) is 5.95 Å². The molecule has 1 N–H and O–H groups in total. The van der Waals surface area contributed by atoms with Crippen molar-refractivity contribution in [2.75, 3.05) is 24.3 Å². The lowest BCUT2D eigenvalue weighted by atomic mass is 10.2. The van der Waals surface area contributed by atoms with Crippen LogP contribution in [0.5, 0.6) is 0 Å². The number of benzene rings is 1. The van der Waals surface area contributed by atoms with E-state index in [9.17, 15) is 0 Å². The molecule has 6 nitrogen and oxygen atoms in total. The summed E-state index contributed by atoms with van der Waals surface area (Å²) in [4.78, 5) is 19.1. The third-order valence-electron chi connectivity index (χ3n) is 3.05. The maximum Gasteiger partial charge on any atom is 0.225 e. The number of nitrogens with one attached hydrogen (secondary N) is 1. The highest BCUT2D eigenvalue weighted by molar-refractivity contribution is 5.87. The molecule has 0 atom stereocenters. The first-order valence-corrected chi connectivity index (χ1v) is 6.62. The number of aromatic nitrogens is 4. The number of hydrogen-bond acceptors (Lipinski definition) is 6. The van der Waals surface area contributed by atoms with E-state index in [-0.39, 0.29) is 0 Å². The smallest absolute Gasteiger partial charge is 0.225 e. The summed E-state index contributed by atoms with van der Waals surface area (Å²) >= 11 is 0. The molecule has 6 heteroatoms. The van der Waals surface area contributed by atoms with Crippen LogP contribution in [0.25, 0.3) is 11.0 Å². The molecule has 0 fully saturated rings. The first kappa shape index (κ1) is 13.2. The van der Waals surface area contributed by atoms with Crippen LogP contribution in [0.15, 0.2) is 36.8 Å². The Kier molecular flexibility index (Phi) is 3.35. The van der Waals surface area contributed by atoms with Crippen LogP contribution in [0.1, 0.15) is 5.56 Å². The maximum absolute atomic E-state index is 4.52. The summed E-state index contributed by atoms with van der Waals surface area (Å²) in [5, 5.41) is 3.29. The summed E-state index contributed by atoms with van der Waals surface area (Å²) in [6.45, 7) is 2.05. The van der Waals surface area contributed by atoms with Crippen LogP contribution in [0, 0.1) is 6.92 Å². The van der Waals surface area contributed by atoms with Crippen molar-refractivity contribution in [3.63, 3.8) is 0 Å². The van der Waals surface area contributed by atoms with E-state index in [1.54, 1.807) is 6.20 Å². The Labute approximate surface area is 122 Å². The second-order valence-electron chi connectivity index (χ2n) is 5.02. The van der Waals surface area contributed by atoms with E-state index in [2.05, 4.69) is 44.3 Å². The predicted octanol–water partition coefficient (Wildman–Crippen LogP) is 2.54. The second kappa shape index (κ2) is 5.32. The Balaban J connectivity index is 2.07. The zero-order valence-electron chi connectivity index (χ0n) is 12.2. The summed E-state index contributed by atoms with van der Waals surface area (Å²) in [7, 11) is 3.80. The molecule has 0 aliphatic carbocycles. The molecule has 0 amide bonds. The molecule has 21 heavy (non-hydrogen) atoms. The molecule has 0 aliphatic heterocycles. The van der Waals surface area contributed by atoms with Crippen molar-refractivity contribution < 1.29 is 0 Å². The van der Waals surface area contributed by atoms with Gasteiger partial charge in [0.25, 0.3) is 0 Å². The first-order chi connectivity index (χ1) is 10.1. The fraction of sp³-hybridized carbons (Fsp3) is 0.200. The second-order valence-corrected chi connectivity index (χ2v) is 5.02. The molecule has 3 aromatic rings. The van der Waals surface area contributed by atoms with E-state index in [0.29, 0.717) is 22.8 Å². The summed E-state index contributed by atoms with van der Waals surface area (Å²) < 4.78 is 0. The van der Waals surface area contributed by atoms with Gasteiger partial charge < -0.3 is 10.2 Å². The lowest BCUT2D eigenvalue weighted by Crippen LogP contribution is -2.13. The fourth-order valence-electron chi connectivity index (χ4n) is 2.01. The van der Waals surface area contributed by atoms with Crippen molar-refractivity contribution in [3.8, 4) is 0 Å². The fourth-order valence-corrected chi connectivity index (χ4v) is 2.01. The van der Waals surface area contributed by atoms with Gasteiger partial charge in [0, 0.05) is 19.8 Å². The monoisotopic (exact) mass is 280 g/mol. The van der Waals surface area contributed by atoms with E-state index in [1.165, 1.54) is 11.9 Å². The zero-order valence-corrected chi connectivity index (χ0v) is 12.2. The molecule has 0 saturated heterocycles. The van der Waals surface area contributed by atoms with Gasteiger partial charge in [-0.2, -0.15) is 0 Å². The Bertz CT molecular complexity index is 784. The van der Waals surface area contributed by atoms with E-state index in [1.807, 2.05) is 31.1 Å². The molecule has 0 saturated carbocycles. The number of rotatable bonds is 3. The van der Waals surface area contributed by atoms with Crippen molar-refractivity contribution in [1.29, 1.82) is 0 Å². The van der Waals surface area contributed by atoms with Crippen LogP contribution in [-0.4, -0.2) is 34.0 Å². The van der Waals surface area contributed by atoms with E-state index < -0.39 is 0 Å². The van der Waals surface area contributed by atoms with Crippen LogP contribution >= 0.6 is 0 Å². The molecule has 3 rings (SSSR count). The first-order valence-electron chi connectivity index (χ1n) is 6.62. The van der Waals surface area contributed by atoms with Crippen molar-refractivity contribution in [1.82, 2.24) is 19.9 Å². The topological polar surface area (TPSA) is 66.8 Å². The minimum atomic E-state index is 0.629. The molecule has 1 aromatic carbocycles. The number of hydrogen-bond donors (Lipinski definition) is 1. The third-order valence-corrected chi connectivity index (χ3v) is 3.05. The van der Waals surface area contributed by atoms with Crippen molar-refractivity contribution in [2.45, 2.75) is 6.92 Å². The van der Waals surface area contributed by atoms with Gasteiger partial charge in [0.1, 0.15) is 17.4 Å². The Hall–Kier alpha value is -2.76. The third kappa shape index (κ3) is 2.74. The Morgan fingerprint density at radius 1 is 1.10 bits per heavy atom. The van der Waals surface area contributed by atoms with E-state index >= 15 is 0 Å². The van der Waals surface area contributed by atoms with E-state index in [0.717, 1.165) is 5.69 Å². The minimum absolute atomic E-state index is 0.629. The van der Waals surface area contributed by atoms with E-state index in [4.69, 9.17) is 0 Å². The quantitative estimate of drug-likeness (QED) is 0.795. The van der Waals surface area contributed by atoms with Crippen LogP contribution in [0.4, 0.5) is 17.5 Å². The SMILES string of the molecule is Cc1cccc(Nc2ncnc3cnc(N(C)C)nc23)c1. The molecule has 0 unspecified atom stereocenters. The van der Waals surface area contributed by atoms with Gasteiger partial charge in [0.15, 0.2) is 5.82 Å². The maximum atomic E-state index is 4.52. The molecular weight excluding hydrogens is 264 g/mol. The normalized spacial score (nSPS) is 10.6. The average Bonchev–Trinajstić information content (AvgIpc) is 2.47. The van der Waals surface area contributed by atoms with Crippen LogP contribution in [-0.2, 0) is 0 Å². The van der Waals surface area contributed by atoms with Crippen LogP contribution < -0.4 is 10.2 Å². The largest absolute Gasteiger partial charge is 0.347 e. The van der Waals surface area contributed by atoms with Gasteiger partial charge in [-0.3, -0.25) is 0 Å². The summed E-state index contributed by atoms with van der Waals surface area (Å²) in [5.74, 6) is 1.31. The Morgan fingerprint density at radius 3 is 2.71 bits per heavy atom. The molecule has 0 bridgehead atoms. The number of fused-ring (bicyclic) bond motifs is 1. The standard InChI is InChI=1S/C15H16N6/c1-10-5-4-6-11(7-10)19-14-13-12(17-9-18-14)8-16-15(20-13)21(2)3/h4-9H,1-3H3,(H,17,18,19). The average molecular weight is 280 g/mol. The van der Waals surface area contributed by atoms with Gasteiger partial charge in [-0.15, -0.1) is 0 Å². The highest BCUT2D eigenvalue weighted by Gasteiger charge is 2.09. The van der Waals surface area contributed by atoms with Crippen molar-refractivity contribution >= 4 is 28.5 Å². The number of aryl methyl sites for hydroxylation is 1. The highest BCUT2D eigenvalue weighted by atomic mass is 15.2. The molecular formula is C15H16N6. The van der Waals surface area contributed by atoms with Gasteiger partial charge in [0.05, 0.1) is 6.20 Å². The number of anilines is 3. The highest BCUT2D eigenvalue weighted by Crippen LogP contribution is 2.22. The van der Waals surface area contributed by atoms with Crippen molar-refractivity contribution in [2.24, 2.45) is 0 Å². The summed E-state index contributed by atoms with van der Waals surface area (Å²) in [6, 6.07) is 8.11. The van der Waals surface area contributed by atoms with Crippen LogP contribution in [0.3, 0.4) is 0 Å². The molecule has 0 radical (unpaired) electrons. The molecule has 0 aliphatic rings. The van der Waals surface area contributed by atoms with Gasteiger partial charge >= 0.3 is 0 Å². The lowest BCUT2D eigenvalue weighted by Gasteiger charge is -2.12. The number of nitrogens with zero attached hydrogens (tertiary/aromatic N) is 5. The van der Waals surface area contributed by atoms with Gasteiger partial charge in [-0.05, 0) is 24.6 Å². The zero-order chi connectivity index (χ0) is 14.8. The van der Waals surface area contributed by atoms with Crippen LogP contribution in [0.2, 0.25) is 0 Å². The van der Waals surface area contributed by atoms with Gasteiger partial charge in [-0.25, -0.2) is 19.9 Å². The van der Waals surface area contributed by atoms with Gasteiger partial charge in [-0.1, -0.05) is 12.1 Å². The van der Waals surface area contributed by atoms with Crippen molar-refractivity contribution in [3.05, 3.63) is 42.4 Å². The predicted molar refractivity (Wildman–Crippen MR) is 83.9 cm³/mol. The Morgan fingerprint density at radius 2 is 1.95 bits per heavy atom. The minimum Gasteiger partial charge on any atom is -0.347 e. The summed E-state index contributed by atoms with van der Waals surface area (Å²) in [6.07, 6.45) is 3.22. The molecule has 2 heterocycles. The molecule has 106 valence electrons. The summed E-state index contributed by atoms with van der Waals surface area (Å²) in [5.41, 5.74) is 3.57. The lowest BCUT2D eigenvalue weighted by molar-refractivity contribution is 1.01.